The first-order valence-corrected chi connectivity index (χ1v) is 8.20. The fraction of sp³-hybridized carbons (Fsp3) is 0.316. The smallest absolute Gasteiger partial charge is 0.255 e. The van der Waals surface area contributed by atoms with Crippen LogP contribution in [0.5, 0.6) is 11.5 Å². The Hall–Kier alpha value is -2.69. The normalized spacial score (nSPS) is 15.9. The van der Waals surface area contributed by atoms with Gasteiger partial charge in [-0.25, -0.2) is 0 Å². The Labute approximate surface area is 142 Å². The monoisotopic (exact) mass is 326 g/mol. The number of carbonyl (C=O) groups excluding carboxylic acids is 1. The van der Waals surface area contributed by atoms with E-state index in [1.54, 1.807) is 13.2 Å². The number of hydrogen-bond donors (Lipinski definition) is 2. The van der Waals surface area contributed by atoms with Crippen molar-refractivity contribution in [3.8, 4) is 11.5 Å². The van der Waals surface area contributed by atoms with Crippen LogP contribution in [0.25, 0.3) is 0 Å². The minimum absolute atomic E-state index is 0.0865. The molecule has 2 aromatic carbocycles. The molecule has 1 amide bonds. The number of nitrogens with one attached hydrogen (secondary N) is 2. The fourth-order valence-electron chi connectivity index (χ4n) is 2.68. The molecule has 0 radical (unpaired) electrons. The lowest BCUT2D eigenvalue weighted by atomic mass is 10.1. The molecule has 126 valence electrons. The third-order valence-electron chi connectivity index (χ3n) is 4.02. The van der Waals surface area contributed by atoms with Crippen molar-refractivity contribution in [1.82, 2.24) is 5.32 Å². The maximum Gasteiger partial charge on any atom is 0.255 e. The van der Waals surface area contributed by atoms with E-state index in [0.717, 1.165) is 29.8 Å². The van der Waals surface area contributed by atoms with Crippen molar-refractivity contribution in [1.29, 1.82) is 0 Å². The molecule has 5 heteroatoms. The van der Waals surface area contributed by atoms with Gasteiger partial charge in [-0.3, -0.25) is 4.79 Å². The molecule has 1 heterocycles. The molecule has 1 atom stereocenters. The Balaban J connectivity index is 1.81. The first kappa shape index (κ1) is 16.2. The zero-order valence-corrected chi connectivity index (χ0v) is 14.0. The topological polar surface area (TPSA) is 59.6 Å². The average molecular weight is 326 g/mol. The number of para-hydroxylation sites is 1. The first-order valence-electron chi connectivity index (χ1n) is 8.20. The summed E-state index contributed by atoms with van der Waals surface area (Å²) in [4.78, 5) is 12.3. The van der Waals surface area contributed by atoms with Gasteiger partial charge < -0.3 is 20.1 Å². The molecule has 1 aliphatic rings. The van der Waals surface area contributed by atoms with Crippen LogP contribution in [-0.4, -0.2) is 19.6 Å². The summed E-state index contributed by atoms with van der Waals surface area (Å²) in [5, 5.41) is 6.30. The SMILES string of the molecule is CCCCOc1ccc([C@@H]2NC(=O)c3ccccc3N2)cc1OC. The fourth-order valence-corrected chi connectivity index (χ4v) is 2.68. The van der Waals surface area contributed by atoms with Crippen LogP contribution in [0.2, 0.25) is 0 Å². The van der Waals surface area contributed by atoms with E-state index in [1.165, 1.54) is 0 Å². The zero-order chi connectivity index (χ0) is 16.9. The summed E-state index contributed by atoms with van der Waals surface area (Å²) in [6, 6.07) is 13.2. The summed E-state index contributed by atoms with van der Waals surface area (Å²) in [6.07, 6.45) is 1.78. The summed E-state index contributed by atoms with van der Waals surface area (Å²) in [7, 11) is 1.62. The molecule has 3 rings (SSSR count). The van der Waals surface area contributed by atoms with Gasteiger partial charge in [-0.05, 0) is 36.2 Å². The van der Waals surface area contributed by atoms with E-state index in [4.69, 9.17) is 9.47 Å². The van der Waals surface area contributed by atoms with Crippen LogP contribution in [0.4, 0.5) is 5.69 Å². The summed E-state index contributed by atoms with van der Waals surface area (Å²) >= 11 is 0. The number of rotatable bonds is 6. The van der Waals surface area contributed by atoms with Crippen molar-refractivity contribution in [3.05, 3.63) is 53.6 Å². The highest BCUT2D eigenvalue weighted by Gasteiger charge is 2.24. The molecule has 5 nitrogen and oxygen atoms in total. The van der Waals surface area contributed by atoms with Crippen LogP contribution in [0.3, 0.4) is 0 Å². The molecule has 0 saturated heterocycles. The summed E-state index contributed by atoms with van der Waals surface area (Å²) in [6.45, 7) is 2.79. The molecule has 0 saturated carbocycles. The Kier molecular flexibility index (Phi) is 4.89. The van der Waals surface area contributed by atoms with E-state index in [9.17, 15) is 4.79 Å². The summed E-state index contributed by atoms with van der Waals surface area (Å²) in [5.74, 6) is 1.30. The summed E-state index contributed by atoms with van der Waals surface area (Å²) in [5.41, 5.74) is 2.39. The number of amides is 1. The van der Waals surface area contributed by atoms with Gasteiger partial charge in [0.1, 0.15) is 6.17 Å². The molecular formula is C19H22N2O3. The number of methoxy groups -OCH3 is 1. The molecule has 24 heavy (non-hydrogen) atoms. The second-order valence-electron chi connectivity index (χ2n) is 5.71. The van der Waals surface area contributed by atoms with Crippen LogP contribution in [0.1, 0.15) is 41.9 Å². The molecule has 0 bridgehead atoms. The number of unbranched alkanes of at least 4 members (excludes halogenated alkanes) is 1. The van der Waals surface area contributed by atoms with Gasteiger partial charge in [0.2, 0.25) is 0 Å². The van der Waals surface area contributed by atoms with Crippen molar-refractivity contribution in [2.24, 2.45) is 0 Å². The zero-order valence-electron chi connectivity index (χ0n) is 14.0. The Morgan fingerprint density at radius 3 is 2.71 bits per heavy atom. The maximum absolute atomic E-state index is 12.3. The quantitative estimate of drug-likeness (QED) is 0.794. The molecule has 0 aliphatic carbocycles. The van der Waals surface area contributed by atoms with Crippen molar-refractivity contribution in [2.75, 3.05) is 19.0 Å². The van der Waals surface area contributed by atoms with Crippen LogP contribution in [0.15, 0.2) is 42.5 Å². The van der Waals surface area contributed by atoms with Gasteiger partial charge >= 0.3 is 0 Å². The lowest BCUT2D eigenvalue weighted by Crippen LogP contribution is -2.38. The average Bonchev–Trinajstić information content (AvgIpc) is 2.62. The molecular weight excluding hydrogens is 304 g/mol. The van der Waals surface area contributed by atoms with Crippen molar-refractivity contribution < 1.29 is 14.3 Å². The lowest BCUT2D eigenvalue weighted by Gasteiger charge is -2.28. The molecule has 2 N–H and O–H groups in total. The number of benzene rings is 2. The maximum atomic E-state index is 12.3. The number of carbonyl (C=O) groups is 1. The van der Waals surface area contributed by atoms with Gasteiger partial charge in [0, 0.05) is 5.69 Å². The highest BCUT2D eigenvalue weighted by atomic mass is 16.5. The van der Waals surface area contributed by atoms with Gasteiger partial charge in [-0.2, -0.15) is 0 Å². The van der Waals surface area contributed by atoms with Gasteiger partial charge in [0.05, 0.1) is 19.3 Å². The van der Waals surface area contributed by atoms with Gasteiger partial charge in [0.15, 0.2) is 11.5 Å². The molecule has 0 spiro atoms. The van der Waals surface area contributed by atoms with Gasteiger partial charge in [0.25, 0.3) is 5.91 Å². The Bertz CT molecular complexity index is 730. The predicted molar refractivity (Wildman–Crippen MR) is 93.7 cm³/mol. The van der Waals surface area contributed by atoms with Crippen LogP contribution in [0, 0.1) is 0 Å². The minimum Gasteiger partial charge on any atom is -0.493 e. The lowest BCUT2D eigenvalue weighted by molar-refractivity contribution is 0.0935. The molecule has 0 aromatic heterocycles. The highest BCUT2D eigenvalue weighted by molar-refractivity contribution is 6.01. The van der Waals surface area contributed by atoms with Crippen LogP contribution < -0.4 is 20.1 Å². The Morgan fingerprint density at radius 2 is 1.92 bits per heavy atom. The molecule has 1 aliphatic heterocycles. The second kappa shape index (κ2) is 7.25. The third kappa shape index (κ3) is 3.30. The van der Waals surface area contributed by atoms with E-state index in [1.807, 2.05) is 36.4 Å². The number of anilines is 1. The minimum atomic E-state index is -0.300. The van der Waals surface area contributed by atoms with E-state index in [2.05, 4.69) is 17.6 Å². The standard InChI is InChI=1S/C19H22N2O3/c1-3-4-11-24-16-10-9-13(12-17(16)23-2)18-20-15-8-6-5-7-14(15)19(22)21-18/h5-10,12,18,20H,3-4,11H2,1-2H3,(H,21,22)/t18-/m0/s1. The van der Waals surface area contributed by atoms with Crippen molar-refractivity contribution in [2.45, 2.75) is 25.9 Å². The van der Waals surface area contributed by atoms with Gasteiger partial charge in [-0.1, -0.05) is 31.5 Å². The van der Waals surface area contributed by atoms with Gasteiger partial charge in [-0.15, -0.1) is 0 Å². The first-order chi connectivity index (χ1) is 11.7. The Morgan fingerprint density at radius 1 is 1.08 bits per heavy atom. The highest BCUT2D eigenvalue weighted by Crippen LogP contribution is 2.33. The number of ether oxygens (including phenoxy) is 2. The molecule has 2 aromatic rings. The second-order valence-corrected chi connectivity index (χ2v) is 5.71. The van der Waals surface area contributed by atoms with E-state index in [0.29, 0.717) is 17.9 Å². The third-order valence-corrected chi connectivity index (χ3v) is 4.02. The van der Waals surface area contributed by atoms with Crippen LogP contribution in [-0.2, 0) is 0 Å². The van der Waals surface area contributed by atoms with Crippen molar-refractivity contribution in [3.63, 3.8) is 0 Å². The summed E-state index contributed by atoms with van der Waals surface area (Å²) < 4.78 is 11.2. The molecule has 0 unspecified atom stereocenters. The van der Waals surface area contributed by atoms with E-state index in [-0.39, 0.29) is 12.1 Å². The number of fused-ring (bicyclic) bond motifs is 1. The van der Waals surface area contributed by atoms with Crippen LogP contribution >= 0.6 is 0 Å². The number of hydrogen-bond acceptors (Lipinski definition) is 4. The van der Waals surface area contributed by atoms with E-state index >= 15 is 0 Å². The largest absolute Gasteiger partial charge is 0.493 e. The van der Waals surface area contributed by atoms with E-state index < -0.39 is 0 Å². The molecule has 0 fully saturated rings. The predicted octanol–water partition coefficient (Wildman–Crippen LogP) is 3.73. The van der Waals surface area contributed by atoms with Crippen molar-refractivity contribution >= 4 is 11.6 Å².